The van der Waals surface area contributed by atoms with Crippen molar-refractivity contribution in [3.8, 4) is 11.4 Å². The van der Waals surface area contributed by atoms with Crippen molar-refractivity contribution in [3.63, 3.8) is 0 Å². The molecule has 2 N–H and O–H groups in total. The zero-order valence-corrected chi connectivity index (χ0v) is 27.3. The lowest BCUT2D eigenvalue weighted by Gasteiger charge is -2.06. The Balaban J connectivity index is 0.000000307. The summed E-state index contributed by atoms with van der Waals surface area (Å²) in [5, 5.41) is 2.79. The van der Waals surface area contributed by atoms with Gasteiger partial charge in [-0.2, -0.15) is 0 Å². The van der Waals surface area contributed by atoms with Crippen LogP contribution in [0.25, 0.3) is 22.4 Å². The predicted octanol–water partition coefficient (Wildman–Crippen LogP) is 10.6. The fourth-order valence-electron chi connectivity index (χ4n) is 5.15. The van der Waals surface area contributed by atoms with Crippen molar-refractivity contribution in [2.45, 2.75) is 117 Å². The molecule has 0 atom stereocenters. The van der Waals surface area contributed by atoms with Gasteiger partial charge in [-0.15, -0.1) is 0 Å². The van der Waals surface area contributed by atoms with Crippen LogP contribution in [0.5, 0.6) is 0 Å². The number of ether oxygens (including phenoxy) is 1. The Labute approximate surface area is 265 Å². The van der Waals surface area contributed by atoms with Crippen LogP contribution in [0.15, 0.2) is 67.8 Å². The highest BCUT2D eigenvalue weighted by molar-refractivity contribution is 6.01. The minimum Gasteiger partial charge on any atom is -0.463 e. The monoisotopic (exact) mass is 601 g/mol. The Hall–Kier alpha value is -3.67. The summed E-state index contributed by atoms with van der Waals surface area (Å²) in [6, 6.07) is 13.7. The third-order valence-corrected chi connectivity index (χ3v) is 7.81. The summed E-state index contributed by atoms with van der Waals surface area (Å²) in [7, 11) is 0. The first-order valence-corrected chi connectivity index (χ1v) is 16.8. The quantitative estimate of drug-likeness (QED) is 0.0722. The molecule has 0 fully saturated rings. The second-order valence-electron chi connectivity index (χ2n) is 11.5. The van der Waals surface area contributed by atoms with Gasteiger partial charge in [-0.3, -0.25) is 4.79 Å². The molecule has 0 aliphatic heterocycles. The van der Waals surface area contributed by atoms with E-state index in [9.17, 15) is 9.59 Å². The molecule has 1 amide bonds. The zero-order chi connectivity index (χ0) is 31.8. The first-order chi connectivity index (χ1) is 21.5. The molecular formula is C38H55N3O3. The predicted molar refractivity (Wildman–Crippen MR) is 186 cm³/mol. The minimum absolute atomic E-state index is 0.226. The molecule has 0 saturated carbocycles. The molecule has 0 aliphatic rings. The van der Waals surface area contributed by atoms with E-state index in [0.29, 0.717) is 6.61 Å². The summed E-state index contributed by atoms with van der Waals surface area (Å²) in [4.78, 5) is 30.2. The maximum Gasteiger partial charge on any atom is 0.330 e. The third-order valence-electron chi connectivity index (χ3n) is 7.81. The normalized spacial score (nSPS) is 10.6. The molecule has 2 aromatic carbocycles. The molecule has 240 valence electrons. The van der Waals surface area contributed by atoms with Gasteiger partial charge in [0.1, 0.15) is 5.82 Å². The second-order valence-corrected chi connectivity index (χ2v) is 11.5. The van der Waals surface area contributed by atoms with Gasteiger partial charge in [0.05, 0.1) is 17.6 Å². The van der Waals surface area contributed by atoms with Crippen molar-refractivity contribution in [1.29, 1.82) is 0 Å². The zero-order valence-electron chi connectivity index (χ0n) is 27.3. The molecule has 6 heteroatoms. The summed E-state index contributed by atoms with van der Waals surface area (Å²) >= 11 is 0. The maximum atomic E-state index is 11.4. The standard InChI is InChI=1S/C21H40O2.C17H15N3O/c1-3-5-6-7-8-9-10-11-12-13-14-15-16-17-18-19-20-23-21(22)4-2;1-3-15(21)18-13-9-10-14-16(11(13)2)20-17(19-14)12-7-5-4-6-8-12/h4H,2-3,5-20H2,1H3;3-10H,1H2,2H3,(H,18,21)(H,19,20). The van der Waals surface area contributed by atoms with Crippen molar-refractivity contribution >= 4 is 28.6 Å². The molecule has 0 spiro atoms. The van der Waals surface area contributed by atoms with Gasteiger partial charge < -0.3 is 15.0 Å². The molecule has 0 aliphatic carbocycles. The van der Waals surface area contributed by atoms with Crippen LogP contribution < -0.4 is 5.32 Å². The minimum atomic E-state index is -0.300. The Morgan fingerprint density at radius 3 is 1.84 bits per heavy atom. The summed E-state index contributed by atoms with van der Waals surface area (Å²) < 4.78 is 4.95. The van der Waals surface area contributed by atoms with Crippen LogP contribution in [0, 0.1) is 6.92 Å². The summed E-state index contributed by atoms with van der Waals surface area (Å²) in [6.45, 7) is 11.6. The Bertz CT molecular complexity index is 1250. The molecule has 6 nitrogen and oxygen atoms in total. The largest absolute Gasteiger partial charge is 0.463 e. The lowest BCUT2D eigenvalue weighted by atomic mass is 10.0. The van der Waals surface area contributed by atoms with Gasteiger partial charge in [0.25, 0.3) is 0 Å². The number of aryl methyl sites for hydroxylation is 1. The third kappa shape index (κ3) is 14.7. The van der Waals surface area contributed by atoms with E-state index in [-0.39, 0.29) is 11.9 Å². The molecule has 0 bridgehead atoms. The second kappa shape index (κ2) is 22.8. The lowest BCUT2D eigenvalue weighted by molar-refractivity contribution is -0.137. The number of amides is 1. The molecule has 3 aromatic rings. The fraction of sp³-hybridized carbons (Fsp3) is 0.500. The van der Waals surface area contributed by atoms with Crippen molar-refractivity contribution in [3.05, 3.63) is 73.3 Å². The Morgan fingerprint density at radius 2 is 1.32 bits per heavy atom. The van der Waals surface area contributed by atoms with Crippen molar-refractivity contribution in [1.82, 2.24) is 9.97 Å². The Morgan fingerprint density at radius 1 is 0.773 bits per heavy atom. The maximum absolute atomic E-state index is 11.4. The number of carbonyl (C=O) groups is 2. The molecule has 44 heavy (non-hydrogen) atoms. The summed E-state index contributed by atoms with van der Waals surface area (Å²) in [5.74, 6) is 0.295. The van der Waals surface area contributed by atoms with Gasteiger partial charge in [-0.05, 0) is 31.6 Å². The van der Waals surface area contributed by atoms with Gasteiger partial charge in [0.15, 0.2) is 0 Å². The highest BCUT2D eigenvalue weighted by Gasteiger charge is 2.11. The number of benzene rings is 2. The van der Waals surface area contributed by atoms with Crippen LogP contribution in [0.2, 0.25) is 0 Å². The number of aromatic nitrogens is 2. The number of esters is 1. The summed E-state index contributed by atoms with van der Waals surface area (Å²) in [6.07, 6.45) is 24.2. The van der Waals surface area contributed by atoms with Crippen LogP contribution in [-0.2, 0) is 14.3 Å². The van der Waals surface area contributed by atoms with E-state index in [2.05, 4.69) is 35.4 Å². The van der Waals surface area contributed by atoms with Gasteiger partial charge in [-0.25, -0.2) is 9.78 Å². The number of unbranched alkanes of at least 4 members (excludes halogenated alkanes) is 15. The molecule has 0 unspecified atom stereocenters. The number of rotatable bonds is 21. The van der Waals surface area contributed by atoms with Gasteiger partial charge >= 0.3 is 5.97 Å². The number of imidazole rings is 1. The van der Waals surface area contributed by atoms with Crippen LogP contribution in [0.1, 0.15) is 115 Å². The van der Waals surface area contributed by atoms with E-state index in [1.165, 1.54) is 108 Å². The molecule has 0 radical (unpaired) electrons. The van der Waals surface area contributed by atoms with Crippen molar-refractivity contribution in [2.75, 3.05) is 11.9 Å². The number of anilines is 1. The number of nitrogens with one attached hydrogen (secondary N) is 2. The number of aromatic amines is 1. The van der Waals surface area contributed by atoms with E-state index in [4.69, 9.17) is 4.74 Å². The fourth-order valence-corrected chi connectivity index (χ4v) is 5.15. The number of hydrogen-bond acceptors (Lipinski definition) is 4. The number of fused-ring (bicyclic) bond motifs is 1. The SMILES string of the molecule is C=CC(=O)Nc1ccc2[nH]c(-c3ccccc3)nc2c1C.C=CC(=O)OCCCCCCCCCCCCCCCCCC. The highest BCUT2D eigenvalue weighted by Crippen LogP contribution is 2.27. The van der Waals surface area contributed by atoms with Gasteiger partial charge in [0, 0.05) is 22.9 Å². The average molecular weight is 602 g/mol. The molecular weight excluding hydrogens is 546 g/mol. The van der Waals surface area contributed by atoms with Crippen molar-refractivity contribution in [2.24, 2.45) is 0 Å². The first-order valence-electron chi connectivity index (χ1n) is 16.8. The number of nitrogens with zero attached hydrogens (tertiary/aromatic N) is 1. The number of hydrogen-bond donors (Lipinski definition) is 2. The topological polar surface area (TPSA) is 84.1 Å². The van der Waals surface area contributed by atoms with Crippen LogP contribution >= 0.6 is 0 Å². The van der Waals surface area contributed by atoms with Crippen LogP contribution in [0.3, 0.4) is 0 Å². The van der Waals surface area contributed by atoms with Gasteiger partial charge in [-0.1, -0.05) is 147 Å². The van der Waals surface area contributed by atoms with E-state index in [1.807, 2.05) is 49.4 Å². The highest BCUT2D eigenvalue weighted by atomic mass is 16.5. The molecule has 1 heterocycles. The van der Waals surface area contributed by atoms with E-state index >= 15 is 0 Å². The molecule has 1 aromatic heterocycles. The smallest absolute Gasteiger partial charge is 0.330 e. The number of H-pyrrole nitrogens is 1. The van der Waals surface area contributed by atoms with Crippen molar-refractivity contribution < 1.29 is 14.3 Å². The number of carbonyl (C=O) groups excluding carboxylic acids is 2. The lowest BCUT2D eigenvalue weighted by Crippen LogP contribution is -2.08. The van der Waals surface area contributed by atoms with E-state index < -0.39 is 0 Å². The van der Waals surface area contributed by atoms with Crippen LogP contribution in [-0.4, -0.2) is 28.5 Å². The Kier molecular flexibility index (Phi) is 18.9. The molecule has 3 rings (SSSR count). The molecule has 0 saturated heterocycles. The summed E-state index contributed by atoms with van der Waals surface area (Å²) in [5.41, 5.74) is 4.52. The van der Waals surface area contributed by atoms with Gasteiger partial charge in [0.2, 0.25) is 5.91 Å². The van der Waals surface area contributed by atoms with E-state index in [0.717, 1.165) is 40.1 Å². The first kappa shape index (κ1) is 36.5. The average Bonchev–Trinajstić information content (AvgIpc) is 3.50. The van der Waals surface area contributed by atoms with E-state index in [1.54, 1.807) is 0 Å². The van der Waals surface area contributed by atoms with Crippen LogP contribution in [0.4, 0.5) is 5.69 Å².